The maximum atomic E-state index is 13.9. The fourth-order valence-electron chi connectivity index (χ4n) is 3.23. The van der Waals surface area contributed by atoms with E-state index >= 15 is 0 Å². The number of fused-ring (bicyclic) bond motifs is 1. The molecule has 0 saturated heterocycles. The maximum absolute atomic E-state index is 13.9. The summed E-state index contributed by atoms with van der Waals surface area (Å²) in [6.45, 7) is 0. The molecule has 6 heteroatoms. The Morgan fingerprint density at radius 3 is 2.77 bits per heavy atom. The Morgan fingerprint density at radius 1 is 1.15 bits per heavy atom. The van der Waals surface area contributed by atoms with Gasteiger partial charge < -0.3 is 0 Å². The largest absolute Gasteiger partial charge is 0.298 e. The van der Waals surface area contributed by atoms with Gasteiger partial charge in [-0.3, -0.25) is 10.1 Å². The van der Waals surface area contributed by atoms with E-state index < -0.39 is 11.7 Å². The number of nitrogens with zero attached hydrogens (tertiary/aromatic N) is 1. The molecule has 1 heterocycles. The zero-order chi connectivity index (χ0) is 18.1. The molecule has 0 atom stereocenters. The molecule has 1 aliphatic carbocycles. The predicted octanol–water partition coefficient (Wildman–Crippen LogP) is 5.73. The highest BCUT2D eigenvalue weighted by molar-refractivity contribution is 7.14. The van der Waals surface area contributed by atoms with Crippen molar-refractivity contribution >= 4 is 34.0 Å². The number of benzene rings is 2. The Bertz CT molecular complexity index is 965. The number of amides is 1. The van der Waals surface area contributed by atoms with Gasteiger partial charge in [0.15, 0.2) is 5.13 Å². The van der Waals surface area contributed by atoms with Crippen molar-refractivity contribution in [3.05, 3.63) is 69.3 Å². The summed E-state index contributed by atoms with van der Waals surface area (Å²) in [5.74, 6) is -1.25. The zero-order valence-corrected chi connectivity index (χ0v) is 15.5. The Hall–Kier alpha value is -2.24. The van der Waals surface area contributed by atoms with Crippen molar-refractivity contribution in [2.45, 2.75) is 25.7 Å². The van der Waals surface area contributed by atoms with Gasteiger partial charge in [-0.05, 0) is 55.0 Å². The summed E-state index contributed by atoms with van der Waals surface area (Å²) >= 11 is 7.25. The van der Waals surface area contributed by atoms with Crippen LogP contribution in [0, 0.1) is 5.82 Å². The molecule has 132 valence electrons. The summed E-state index contributed by atoms with van der Waals surface area (Å²) < 4.78 is 13.9. The second kappa shape index (κ2) is 7.17. The minimum Gasteiger partial charge on any atom is -0.298 e. The van der Waals surface area contributed by atoms with E-state index in [1.807, 2.05) is 5.38 Å². The number of carbonyl (C=O) groups is 1. The smallest absolute Gasteiger partial charge is 0.261 e. The van der Waals surface area contributed by atoms with Gasteiger partial charge in [0, 0.05) is 10.9 Å². The van der Waals surface area contributed by atoms with Crippen molar-refractivity contribution in [3.8, 4) is 11.3 Å². The van der Waals surface area contributed by atoms with Crippen molar-refractivity contribution in [2.75, 3.05) is 5.32 Å². The van der Waals surface area contributed by atoms with E-state index in [4.69, 9.17) is 11.6 Å². The summed E-state index contributed by atoms with van der Waals surface area (Å²) in [7, 11) is 0. The number of rotatable bonds is 3. The molecule has 0 saturated carbocycles. The quantitative estimate of drug-likeness (QED) is 0.624. The van der Waals surface area contributed by atoms with E-state index in [1.165, 1.54) is 53.5 Å². The van der Waals surface area contributed by atoms with E-state index in [0.717, 1.165) is 24.1 Å². The fourth-order valence-corrected chi connectivity index (χ4v) is 4.19. The van der Waals surface area contributed by atoms with Crippen LogP contribution in [0.15, 0.2) is 41.8 Å². The van der Waals surface area contributed by atoms with Crippen LogP contribution in [0.5, 0.6) is 0 Å². The van der Waals surface area contributed by atoms with Crippen LogP contribution in [0.3, 0.4) is 0 Å². The number of halogens is 2. The second-order valence-electron chi connectivity index (χ2n) is 6.28. The van der Waals surface area contributed by atoms with Gasteiger partial charge in [0.2, 0.25) is 0 Å². The second-order valence-corrected chi connectivity index (χ2v) is 7.54. The number of hydrogen-bond donors (Lipinski definition) is 1. The van der Waals surface area contributed by atoms with Gasteiger partial charge in [0.05, 0.1) is 16.3 Å². The molecule has 0 spiro atoms. The molecule has 1 aromatic heterocycles. The van der Waals surface area contributed by atoms with Gasteiger partial charge in [-0.1, -0.05) is 29.8 Å². The molecule has 3 aromatic rings. The Labute approximate surface area is 159 Å². The lowest BCUT2D eigenvalue weighted by atomic mass is 9.90. The maximum Gasteiger partial charge on any atom is 0.261 e. The van der Waals surface area contributed by atoms with Crippen LogP contribution >= 0.6 is 22.9 Å². The Morgan fingerprint density at radius 2 is 1.96 bits per heavy atom. The molecule has 3 nitrogen and oxygen atoms in total. The molecule has 0 aliphatic heterocycles. The Kier molecular flexibility index (Phi) is 4.74. The number of aryl methyl sites for hydroxylation is 2. The summed E-state index contributed by atoms with van der Waals surface area (Å²) in [4.78, 5) is 16.8. The fraction of sp³-hybridized carbons (Fsp3) is 0.200. The topological polar surface area (TPSA) is 42.0 Å². The molecule has 4 rings (SSSR count). The third-order valence-corrected chi connectivity index (χ3v) is 5.63. The van der Waals surface area contributed by atoms with Crippen LogP contribution in [0.4, 0.5) is 9.52 Å². The minimum atomic E-state index is -0.651. The van der Waals surface area contributed by atoms with Gasteiger partial charge in [-0.15, -0.1) is 11.3 Å². The van der Waals surface area contributed by atoms with Crippen LogP contribution in [-0.4, -0.2) is 10.9 Å². The molecule has 1 amide bonds. The first kappa shape index (κ1) is 17.2. The molecule has 2 aromatic carbocycles. The van der Waals surface area contributed by atoms with Gasteiger partial charge >= 0.3 is 0 Å². The first-order valence-electron chi connectivity index (χ1n) is 8.45. The highest BCUT2D eigenvalue weighted by Crippen LogP contribution is 2.30. The number of anilines is 1. The molecule has 0 radical (unpaired) electrons. The average Bonchev–Trinajstić information content (AvgIpc) is 3.09. The van der Waals surface area contributed by atoms with Crippen LogP contribution in [0.25, 0.3) is 11.3 Å². The molecule has 0 bridgehead atoms. The lowest BCUT2D eigenvalue weighted by molar-refractivity contribution is 0.102. The number of thiazole rings is 1. The van der Waals surface area contributed by atoms with E-state index in [9.17, 15) is 9.18 Å². The third kappa shape index (κ3) is 3.37. The lowest BCUT2D eigenvalue weighted by Gasteiger charge is -2.16. The van der Waals surface area contributed by atoms with E-state index in [0.29, 0.717) is 5.13 Å². The van der Waals surface area contributed by atoms with Crippen LogP contribution < -0.4 is 5.32 Å². The van der Waals surface area contributed by atoms with Crippen LogP contribution in [-0.2, 0) is 12.8 Å². The highest BCUT2D eigenvalue weighted by Gasteiger charge is 2.18. The van der Waals surface area contributed by atoms with Crippen molar-refractivity contribution in [2.24, 2.45) is 0 Å². The van der Waals surface area contributed by atoms with E-state index in [1.54, 1.807) is 0 Å². The van der Waals surface area contributed by atoms with Crippen LogP contribution in [0.2, 0.25) is 5.02 Å². The zero-order valence-electron chi connectivity index (χ0n) is 13.9. The highest BCUT2D eigenvalue weighted by atomic mass is 35.5. The number of aromatic nitrogens is 1. The van der Waals surface area contributed by atoms with E-state index in [-0.39, 0.29) is 10.6 Å². The molecule has 0 unspecified atom stereocenters. The predicted molar refractivity (Wildman–Crippen MR) is 104 cm³/mol. The lowest BCUT2D eigenvalue weighted by Crippen LogP contribution is -2.14. The molecular formula is C20H16ClFN2OS. The van der Waals surface area contributed by atoms with Crippen molar-refractivity contribution in [1.29, 1.82) is 0 Å². The van der Waals surface area contributed by atoms with Crippen molar-refractivity contribution in [3.63, 3.8) is 0 Å². The third-order valence-electron chi connectivity index (χ3n) is 4.56. The molecule has 26 heavy (non-hydrogen) atoms. The number of carbonyl (C=O) groups excluding carboxylic acids is 1. The number of hydrogen-bond acceptors (Lipinski definition) is 3. The van der Waals surface area contributed by atoms with Crippen molar-refractivity contribution < 1.29 is 9.18 Å². The summed E-state index contributed by atoms with van der Waals surface area (Å²) in [5.41, 5.74) is 4.47. The van der Waals surface area contributed by atoms with Gasteiger partial charge in [0.25, 0.3) is 5.91 Å². The molecule has 0 fully saturated rings. The van der Waals surface area contributed by atoms with E-state index in [2.05, 4.69) is 28.5 Å². The summed E-state index contributed by atoms with van der Waals surface area (Å²) in [6.07, 6.45) is 4.70. The normalized spacial score (nSPS) is 13.3. The SMILES string of the molecule is O=C(Nc1nc(-c2ccc3c(c2)CCCC3)cs1)c1c(F)cccc1Cl. The standard InChI is InChI=1S/C20H16ClFN2OS/c21-15-6-3-7-16(22)18(15)19(25)24-20-23-17(11-26-20)14-9-8-12-4-1-2-5-13(12)10-14/h3,6-11H,1-2,4-5H2,(H,23,24,25). The minimum absolute atomic E-state index is 0.0777. The average molecular weight is 387 g/mol. The Balaban J connectivity index is 1.56. The van der Waals surface area contributed by atoms with Gasteiger partial charge in [-0.2, -0.15) is 0 Å². The molecule has 1 N–H and O–H groups in total. The van der Waals surface area contributed by atoms with Gasteiger partial charge in [-0.25, -0.2) is 9.37 Å². The van der Waals surface area contributed by atoms with Crippen LogP contribution in [0.1, 0.15) is 34.3 Å². The van der Waals surface area contributed by atoms with Crippen molar-refractivity contribution in [1.82, 2.24) is 4.98 Å². The molecule has 1 aliphatic rings. The summed E-state index contributed by atoms with van der Waals surface area (Å²) in [5, 5.41) is 5.02. The first-order valence-corrected chi connectivity index (χ1v) is 9.70. The number of nitrogens with one attached hydrogen (secondary N) is 1. The first-order chi connectivity index (χ1) is 12.6. The van der Waals surface area contributed by atoms with Gasteiger partial charge in [0.1, 0.15) is 5.82 Å². The monoisotopic (exact) mass is 386 g/mol. The summed E-state index contributed by atoms with van der Waals surface area (Å²) in [6, 6.07) is 10.6. The molecular weight excluding hydrogens is 371 g/mol.